The maximum absolute atomic E-state index is 12.3. The number of aliphatic hydroxyl groups is 1. The van der Waals surface area contributed by atoms with E-state index in [0.29, 0.717) is 16.8 Å². The Labute approximate surface area is 153 Å². The van der Waals surface area contributed by atoms with Crippen LogP contribution >= 0.6 is 0 Å². The number of hydrogen-bond acceptors (Lipinski definition) is 5. The van der Waals surface area contributed by atoms with E-state index in [1.165, 1.54) is 31.4 Å². The fourth-order valence-corrected chi connectivity index (χ4v) is 3.58. The molecule has 0 saturated carbocycles. The number of methoxy groups -OCH3 is 1. The van der Waals surface area contributed by atoms with E-state index in [9.17, 15) is 13.2 Å². The van der Waals surface area contributed by atoms with Gasteiger partial charge in [0.2, 0.25) is 10.0 Å². The molecule has 2 aromatic rings. The second-order valence-corrected chi connectivity index (χ2v) is 7.53. The van der Waals surface area contributed by atoms with Crippen LogP contribution < -0.4 is 10.0 Å². The molecule has 0 aliphatic carbocycles. The third-order valence-corrected chi connectivity index (χ3v) is 5.17. The van der Waals surface area contributed by atoms with Crippen molar-refractivity contribution in [2.75, 3.05) is 19.0 Å². The van der Waals surface area contributed by atoms with E-state index in [1.807, 2.05) is 0 Å². The Morgan fingerprint density at radius 3 is 2.50 bits per heavy atom. The standard InChI is InChI=1S/C18H22N2O5S/c1-13(12-25-2)20-26(23,24)17-8-6-15(7-9-17)18(22)19-16-5-3-4-14(10-16)11-21/h3-10,13,20-21H,11-12H2,1-2H3,(H,19,22)/t13-/m0/s1. The first-order valence-electron chi connectivity index (χ1n) is 7.98. The summed E-state index contributed by atoms with van der Waals surface area (Å²) in [7, 11) is -2.19. The van der Waals surface area contributed by atoms with Crippen molar-refractivity contribution in [2.45, 2.75) is 24.5 Å². The lowest BCUT2D eigenvalue weighted by atomic mass is 10.2. The Morgan fingerprint density at radius 1 is 1.19 bits per heavy atom. The summed E-state index contributed by atoms with van der Waals surface area (Å²) < 4.78 is 31.9. The highest BCUT2D eigenvalue weighted by Gasteiger charge is 2.18. The number of carbonyl (C=O) groups excluding carboxylic acids is 1. The van der Waals surface area contributed by atoms with Gasteiger partial charge in [0.15, 0.2) is 0 Å². The van der Waals surface area contributed by atoms with Gasteiger partial charge in [-0.15, -0.1) is 0 Å². The van der Waals surface area contributed by atoms with E-state index in [1.54, 1.807) is 31.2 Å². The molecule has 2 rings (SSSR count). The Balaban J connectivity index is 2.09. The van der Waals surface area contributed by atoms with E-state index < -0.39 is 10.0 Å². The summed E-state index contributed by atoms with van der Waals surface area (Å²) in [6.07, 6.45) is 0. The largest absolute Gasteiger partial charge is 0.392 e. The molecule has 3 N–H and O–H groups in total. The third kappa shape index (κ3) is 5.37. The van der Waals surface area contributed by atoms with Crippen molar-refractivity contribution in [1.82, 2.24) is 4.72 Å². The lowest BCUT2D eigenvalue weighted by molar-refractivity contribution is 0.102. The van der Waals surface area contributed by atoms with Crippen LogP contribution in [0.25, 0.3) is 0 Å². The Bertz CT molecular complexity index is 850. The predicted molar refractivity (Wildman–Crippen MR) is 98.4 cm³/mol. The Morgan fingerprint density at radius 2 is 1.88 bits per heavy atom. The number of aliphatic hydroxyl groups excluding tert-OH is 1. The van der Waals surface area contributed by atoms with Gasteiger partial charge in [-0.25, -0.2) is 13.1 Å². The van der Waals surface area contributed by atoms with E-state index in [-0.39, 0.29) is 30.1 Å². The van der Waals surface area contributed by atoms with Crippen molar-refractivity contribution < 1.29 is 23.1 Å². The predicted octanol–water partition coefficient (Wildman–Crippen LogP) is 1.74. The highest BCUT2D eigenvalue weighted by atomic mass is 32.2. The summed E-state index contributed by atoms with van der Waals surface area (Å²) >= 11 is 0. The van der Waals surface area contributed by atoms with Crippen molar-refractivity contribution in [3.05, 3.63) is 59.7 Å². The topological polar surface area (TPSA) is 105 Å². The molecule has 1 amide bonds. The van der Waals surface area contributed by atoms with Gasteiger partial charge in [0.25, 0.3) is 5.91 Å². The number of amides is 1. The molecule has 26 heavy (non-hydrogen) atoms. The fourth-order valence-electron chi connectivity index (χ4n) is 2.35. The highest BCUT2D eigenvalue weighted by Crippen LogP contribution is 2.15. The minimum absolute atomic E-state index is 0.0688. The Kier molecular flexibility index (Phi) is 6.87. The lowest BCUT2D eigenvalue weighted by Gasteiger charge is -2.13. The minimum Gasteiger partial charge on any atom is -0.392 e. The number of hydrogen-bond donors (Lipinski definition) is 3. The van der Waals surface area contributed by atoms with Crippen LogP contribution in [0.1, 0.15) is 22.8 Å². The van der Waals surface area contributed by atoms with Gasteiger partial charge in [0.05, 0.1) is 18.1 Å². The maximum Gasteiger partial charge on any atom is 0.255 e. The van der Waals surface area contributed by atoms with Crippen LogP contribution in [0.4, 0.5) is 5.69 Å². The van der Waals surface area contributed by atoms with Gasteiger partial charge in [0, 0.05) is 24.4 Å². The van der Waals surface area contributed by atoms with Gasteiger partial charge in [0.1, 0.15) is 0 Å². The third-order valence-electron chi connectivity index (χ3n) is 3.57. The van der Waals surface area contributed by atoms with E-state index >= 15 is 0 Å². The van der Waals surface area contributed by atoms with Crippen molar-refractivity contribution in [3.63, 3.8) is 0 Å². The van der Waals surface area contributed by atoms with Crippen LogP contribution in [0.3, 0.4) is 0 Å². The van der Waals surface area contributed by atoms with E-state index in [0.717, 1.165) is 0 Å². The van der Waals surface area contributed by atoms with Gasteiger partial charge in [-0.1, -0.05) is 12.1 Å². The number of benzene rings is 2. The molecule has 0 bridgehead atoms. The first kappa shape index (κ1) is 20.1. The number of ether oxygens (including phenoxy) is 1. The fraction of sp³-hybridized carbons (Fsp3) is 0.278. The molecule has 0 spiro atoms. The molecule has 0 unspecified atom stereocenters. The number of sulfonamides is 1. The van der Waals surface area contributed by atoms with Crippen molar-refractivity contribution in [3.8, 4) is 0 Å². The average Bonchev–Trinajstić information content (AvgIpc) is 2.61. The minimum atomic E-state index is -3.68. The molecular weight excluding hydrogens is 356 g/mol. The zero-order valence-corrected chi connectivity index (χ0v) is 15.4. The maximum atomic E-state index is 12.3. The molecule has 0 saturated heterocycles. The first-order valence-corrected chi connectivity index (χ1v) is 9.46. The molecule has 8 heteroatoms. The molecule has 0 aromatic heterocycles. The SMILES string of the molecule is COC[C@H](C)NS(=O)(=O)c1ccc(C(=O)Nc2cccc(CO)c2)cc1. The normalized spacial score (nSPS) is 12.6. The summed E-state index contributed by atoms with van der Waals surface area (Å²) in [6.45, 7) is 1.83. The molecule has 7 nitrogen and oxygen atoms in total. The molecular formula is C18H22N2O5S. The lowest BCUT2D eigenvalue weighted by Crippen LogP contribution is -2.35. The molecule has 0 fully saturated rings. The van der Waals surface area contributed by atoms with E-state index in [4.69, 9.17) is 9.84 Å². The Hall–Kier alpha value is -2.26. The molecule has 0 radical (unpaired) electrons. The van der Waals surface area contributed by atoms with Gasteiger partial charge in [-0.05, 0) is 48.9 Å². The molecule has 0 aliphatic rings. The number of nitrogens with one attached hydrogen (secondary N) is 2. The van der Waals surface area contributed by atoms with Crippen LogP contribution in [0.5, 0.6) is 0 Å². The highest BCUT2D eigenvalue weighted by molar-refractivity contribution is 7.89. The second kappa shape index (κ2) is 8.91. The molecule has 0 heterocycles. The number of anilines is 1. The molecule has 2 aromatic carbocycles. The van der Waals surface area contributed by atoms with Gasteiger partial charge in [-0.2, -0.15) is 0 Å². The van der Waals surface area contributed by atoms with Crippen molar-refractivity contribution in [1.29, 1.82) is 0 Å². The summed E-state index contributed by atoms with van der Waals surface area (Å²) in [5.74, 6) is -0.371. The van der Waals surface area contributed by atoms with Crippen molar-refractivity contribution in [2.24, 2.45) is 0 Å². The van der Waals surface area contributed by atoms with Gasteiger partial charge < -0.3 is 15.2 Å². The molecule has 140 valence electrons. The average molecular weight is 378 g/mol. The van der Waals surface area contributed by atoms with Gasteiger partial charge >= 0.3 is 0 Å². The van der Waals surface area contributed by atoms with Crippen LogP contribution in [-0.4, -0.2) is 39.2 Å². The summed E-state index contributed by atoms with van der Waals surface area (Å²) in [6, 6.07) is 12.1. The summed E-state index contributed by atoms with van der Waals surface area (Å²) in [4.78, 5) is 12.4. The second-order valence-electron chi connectivity index (χ2n) is 5.81. The number of carbonyl (C=O) groups is 1. The summed E-state index contributed by atoms with van der Waals surface area (Å²) in [5.41, 5.74) is 1.55. The zero-order chi connectivity index (χ0) is 19.2. The van der Waals surface area contributed by atoms with Crippen LogP contribution in [-0.2, 0) is 21.4 Å². The van der Waals surface area contributed by atoms with Crippen molar-refractivity contribution >= 4 is 21.6 Å². The summed E-state index contributed by atoms with van der Waals surface area (Å²) in [5, 5.41) is 11.8. The quantitative estimate of drug-likeness (QED) is 0.649. The zero-order valence-electron chi connectivity index (χ0n) is 14.6. The molecule has 0 aliphatic heterocycles. The van der Waals surface area contributed by atoms with Crippen LogP contribution in [0.2, 0.25) is 0 Å². The van der Waals surface area contributed by atoms with Crippen LogP contribution in [0.15, 0.2) is 53.4 Å². The smallest absolute Gasteiger partial charge is 0.255 e. The van der Waals surface area contributed by atoms with Gasteiger partial charge in [-0.3, -0.25) is 4.79 Å². The van der Waals surface area contributed by atoms with Crippen LogP contribution in [0, 0.1) is 0 Å². The first-order chi connectivity index (χ1) is 12.4. The molecule has 1 atom stereocenters. The number of rotatable bonds is 8. The monoisotopic (exact) mass is 378 g/mol. The van der Waals surface area contributed by atoms with E-state index in [2.05, 4.69) is 10.0 Å².